The zero-order valence-corrected chi connectivity index (χ0v) is 13.0. The van der Waals surface area contributed by atoms with Crippen LogP contribution >= 0.6 is 22.6 Å². The molecule has 0 bridgehead atoms. The van der Waals surface area contributed by atoms with E-state index in [0.29, 0.717) is 5.56 Å². The summed E-state index contributed by atoms with van der Waals surface area (Å²) in [7, 11) is 3.91. The average molecular weight is 366 g/mol. The van der Waals surface area contributed by atoms with Crippen molar-refractivity contribution < 1.29 is 4.79 Å². The number of carbonyl (C=O) groups is 1. The lowest BCUT2D eigenvalue weighted by Gasteiger charge is -2.17. The zero-order valence-electron chi connectivity index (χ0n) is 10.9. The van der Waals surface area contributed by atoms with Crippen LogP contribution in [0.3, 0.4) is 0 Å². The Bertz CT molecular complexity index is 596. The second kappa shape index (κ2) is 6.06. The topological polar surface area (TPSA) is 32.3 Å². The number of carbonyl (C=O) groups excluding carboxylic acids is 1. The Morgan fingerprint density at radius 1 is 1.05 bits per heavy atom. The molecule has 98 valence electrons. The molecule has 2 rings (SSSR count). The molecule has 0 atom stereocenters. The SMILES string of the molecule is CN(C)c1ccccc1NC(=O)c1ccccc1I. The number of benzene rings is 2. The molecule has 0 saturated carbocycles. The second-order valence-electron chi connectivity index (χ2n) is 4.35. The molecular weight excluding hydrogens is 351 g/mol. The van der Waals surface area contributed by atoms with Gasteiger partial charge in [-0.3, -0.25) is 4.79 Å². The van der Waals surface area contributed by atoms with Crippen LogP contribution < -0.4 is 10.2 Å². The van der Waals surface area contributed by atoms with Crippen molar-refractivity contribution >= 4 is 39.9 Å². The fourth-order valence-electron chi connectivity index (χ4n) is 1.80. The van der Waals surface area contributed by atoms with Crippen LogP contribution in [0.15, 0.2) is 48.5 Å². The molecule has 2 aromatic rings. The summed E-state index contributed by atoms with van der Waals surface area (Å²) >= 11 is 2.17. The van der Waals surface area contributed by atoms with Gasteiger partial charge in [0.05, 0.1) is 16.9 Å². The van der Waals surface area contributed by atoms with Crippen molar-refractivity contribution in [3.8, 4) is 0 Å². The van der Waals surface area contributed by atoms with E-state index in [1.165, 1.54) is 0 Å². The summed E-state index contributed by atoms with van der Waals surface area (Å²) in [5, 5.41) is 2.96. The Hall–Kier alpha value is -1.56. The first-order chi connectivity index (χ1) is 9.09. The Morgan fingerprint density at radius 3 is 2.37 bits per heavy atom. The summed E-state index contributed by atoms with van der Waals surface area (Å²) in [4.78, 5) is 14.3. The van der Waals surface area contributed by atoms with Gasteiger partial charge in [-0.25, -0.2) is 0 Å². The molecule has 0 fully saturated rings. The number of hydrogen-bond acceptors (Lipinski definition) is 2. The molecule has 0 unspecified atom stereocenters. The van der Waals surface area contributed by atoms with Gasteiger partial charge in [-0.1, -0.05) is 24.3 Å². The van der Waals surface area contributed by atoms with E-state index in [-0.39, 0.29) is 5.91 Å². The number of amides is 1. The average Bonchev–Trinajstić information content (AvgIpc) is 2.39. The minimum atomic E-state index is -0.0840. The summed E-state index contributed by atoms with van der Waals surface area (Å²) in [6.07, 6.45) is 0. The third-order valence-corrected chi connectivity index (χ3v) is 3.69. The predicted octanol–water partition coefficient (Wildman–Crippen LogP) is 3.61. The van der Waals surface area contributed by atoms with Crippen LogP contribution in [0.25, 0.3) is 0 Å². The highest BCUT2D eigenvalue weighted by atomic mass is 127. The Kier molecular flexibility index (Phi) is 4.42. The number of nitrogens with one attached hydrogen (secondary N) is 1. The van der Waals surface area contributed by atoms with Gasteiger partial charge in [0.15, 0.2) is 0 Å². The van der Waals surface area contributed by atoms with Crippen LogP contribution in [0.4, 0.5) is 11.4 Å². The minimum Gasteiger partial charge on any atom is -0.376 e. The number of halogens is 1. The van der Waals surface area contributed by atoms with Gasteiger partial charge in [0.2, 0.25) is 0 Å². The number of nitrogens with zero attached hydrogens (tertiary/aromatic N) is 1. The molecule has 0 radical (unpaired) electrons. The second-order valence-corrected chi connectivity index (χ2v) is 5.51. The third-order valence-electron chi connectivity index (χ3n) is 2.75. The first kappa shape index (κ1) is 13.9. The number of rotatable bonds is 3. The Morgan fingerprint density at radius 2 is 1.68 bits per heavy atom. The first-order valence-corrected chi connectivity index (χ1v) is 6.99. The van der Waals surface area contributed by atoms with Crippen LogP contribution in [-0.4, -0.2) is 20.0 Å². The summed E-state index contributed by atoms with van der Waals surface area (Å²) in [5.41, 5.74) is 2.50. The van der Waals surface area contributed by atoms with Crippen molar-refractivity contribution in [3.63, 3.8) is 0 Å². The Balaban J connectivity index is 2.27. The monoisotopic (exact) mass is 366 g/mol. The van der Waals surface area contributed by atoms with E-state index in [2.05, 4.69) is 27.9 Å². The normalized spacial score (nSPS) is 10.1. The van der Waals surface area contributed by atoms with E-state index >= 15 is 0 Å². The fraction of sp³-hybridized carbons (Fsp3) is 0.133. The molecule has 3 nitrogen and oxygen atoms in total. The summed E-state index contributed by atoms with van der Waals surface area (Å²) in [6, 6.07) is 15.3. The van der Waals surface area contributed by atoms with E-state index in [1.807, 2.05) is 67.5 Å². The van der Waals surface area contributed by atoms with Gasteiger partial charge in [0.25, 0.3) is 5.91 Å². The van der Waals surface area contributed by atoms with E-state index in [4.69, 9.17) is 0 Å². The van der Waals surface area contributed by atoms with Crippen LogP contribution in [-0.2, 0) is 0 Å². The quantitative estimate of drug-likeness (QED) is 0.842. The summed E-state index contributed by atoms with van der Waals surface area (Å²) in [6.45, 7) is 0. The molecule has 0 aliphatic rings. The number of anilines is 2. The van der Waals surface area contributed by atoms with Gasteiger partial charge in [-0.2, -0.15) is 0 Å². The molecule has 2 aromatic carbocycles. The number of hydrogen-bond donors (Lipinski definition) is 1. The van der Waals surface area contributed by atoms with Gasteiger partial charge < -0.3 is 10.2 Å². The van der Waals surface area contributed by atoms with Crippen LogP contribution in [0.2, 0.25) is 0 Å². The van der Waals surface area contributed by atoms with Crippen molar-refractivity contribution in [1.82, 2.24) is 0 Å². The third kappa shape index (κ3) is 3.26. The van der Waals surface area contributed by atoms with Crippen molar-refractivity contribution in [3.05, 3.63) is 57.7 Å². The van der Waals surface area contributed by atoms with E-state index in [1.54, 1.807) is 0 Å². The molecule has 0 saturated heterocycles. The van der Waals surface area contributed by atoms with Gasteiger partial charge in [-0.15, -0.1) is 0 Å². The summed E-state index contributed by atoms with van der Waals surface area (Å²) in [5.74, 6) is -0.0840. The molecule has 1 N–H and O–H groups in total. The number of para-hydroxylation sites is 2. The first-order valence-electron chi connectivity index (χ1n) is 5.92. The van der Waals surface area contributed by atoms with Crippen molar-refractivity contribution in [2.24, 2.45) is 0 Å². The van der Waals surface area contributed by atoms with E-state index in [9.17, 15) is 4.79 Å². The highest BCUT2D eigenvalue weighted by Gasteiger charge is 2.11. The molecule has 0 aliphatic heterocycles. The van der Waals surface area contributed by atoms with Crippen molar-refractivity contribution in [2.45, 2.75) is 0 Å². The molecular formula is C15H15IN2O. The lowest BCUT2D eigenvalue weighted by molar-refractivity contribution is 0.102. The van der Waals surface area contributed by atoms with Gasteiger partial charge in [0.1, 0.15) is 0 Å². The molecule has 4 heteroatoms. The van der Waals surface area contributed by atoms with E-state index < -0.39 is 0 Å². The molecule has 0 aliphatic carbocycles. The molecule has 0 spiro atoms. The predicted molar refractivity (Wildman–Crippen MR) is 87.9 cm³/mol. The maximum atomic E-state index is 12.3. The lowest BCUT2D eigenvalue weighted by Crippen LogP contribution is -2.17. The zero-order chi connectivity index (χ0) is 13.8. The molecule has 0 heterocycles. The summed E-state index contributed by atoms with van der Waals surface area (Å²) < 4.78 is 0.944. The van der Waals surface area contributed by atoms with Crippen molar-refractivity contribution in [1.29, 1.82) is 0 Å². The largest absolute Gasteiger partial charge is 0.376 e. The Labute approximate surface area is 126 Å². The van der Waals surface area contributed by atoms with Crippen molar-refractivity contribution in [2.75, 3.05) is 24.3 Å². The minimum absolute atomic E-state index is 0.0840. The smallest absolute Gasteiger partial charge is 0.256 e. The van der Waals surface area contributed by atoms with Crippen LogP contribution in [0, 0.1) is 3.57 Å². The standard InChI is InChI=1S/C15H15IN2O/c1-18(2)14-10-6-5-9-13(14)17-15(19)11-7-3-4-8-12(11)16/h3-10H,1-2H3,(H,17,19). The highest BCUT2D eigenvalue weighted by molar-refractivity contribution is 14.1. The maximum Gasteiger partial charge on any atom is 0.256 e. The fourth-order valence-corrected chi connectivity index (χ4v) is 2.44. The van der Waals surface area contributed by atoms with Gasteiger partial charge in [0, 0.05) is 17.7 Å². The lowest BCUT2D eigenvalue weighted by atomic mass is 10.2. The van der Waals surface area contributed by atoms with E-state index in [0.717, 1.165) is 14.9 Å². The van der Waals surface area contributed by atoms with Crippen LogP contribution in [0.5, 0.6) is 0 Å². The molecule has 1 amide bonds. The van der Waals surface area contributed by atoms with Crippen LogP contribution in [0.1, 0.15) is 10.4 Å². The molecule has 19 heavy (non-hydrogen) atoms. The molecule has 0 aromatic heterocycles. The maximum absolute atomic E-state index is 12.3. The highest BCUT2D eigenvalue weighted by Crippen LogP contribution is 2.24. The van der Waals surface area contributed by atoms with Gasteiger partial charge in [-0.05, 0) is 46.9 Å². The van der Waals surface area contributed by atoms with Gasteiger partial charge >= 0.3 is 0 Å².